The van der Waals surface area contributed by atoms with Gasteiger partial charge in [-0.2, -0.15) is 0 Å². The Bertz CT molecular complexity index is 772. The smallest absolute Gasteiger partial charge is 0.133 e. The Morgan fingerprint density at radius 2 is 1.80 bits per heavy atom. The van der Waals surface area contributed by atoms with E-state index >= 15 is 0 Å². The molecule has 1 atom stereocenters. The lowest BCUT2D eigenvalue weighted by atomic mass is 9.96. The van der Waals surface area contributed by atoms with Crippen molar-refractivity contribution in [3.63, 3.8) is 0 Å². The third kappa shape index (κ3) is 2.25. The van der Waals surface area contributed by atoms with Gasteiger partial charge in [0, 0.05) is 18.6 Å². The van der Waals surface area contributed by atoms with Crippen LogP contribution in [0.2, 0.25) is 0 Å². The first-order valence-electron chi connectivity index (χ1n) is 6.23. The molecule has 98 valence electrons. The lowest BCUT2D eigenvalue weighted by Gasteiger charge is -2.11. The van der Waals surface area contributed by atoms with E-state index in [4.69, 9.17) is 0 Å². The predicted octanol–water partition coefficient (Wildman–Crippen LogP) is 2.06. The highest BCUT2D eigenvalue weighted by molar-refractivity contribution is 5.77. The van der Waals surface area contributed by atoms with Crippen LogP contribution >= 0.6 is 0 Å². The van der Waals surface area contributed by atoms with Crippen molar-refractivity contribution in [1.29, 1.82) is 0 Å². The maximum Gasteiger partial charge on any atom is 0.133 e. The van der Waals surface area contributed by atoms with Crippen LogP contribution < -0.4 is 0 Å². The first-order chi connectivity index (χ1) is 9.78. The monoisotopic (exact) mass is 264 g/mol. The third-order valence-electron chi connectivity index (χ3n) is 3.10. The second kappa shape index (κ2) is 5.13. The highest BCUT2D eigenvalue weighted by atomic mass is 16.1. The van der Waals surface area contributed by atoms with E-state index in [9.17, 15) is 4.79 Å². The molecular weight excluding hydrogens is 252 g/mol. The number of carbonyl (C=O) groups is 1. The van der Waals surface area contributed by atoms with E-state index < -0.39 is 5.92 Å². The summed E-state index contributed by atoms with van der Waals surface area (Å²) in [4.78, 5) is 28.3. The Morgan fingerprint density at radius 3 is 2.55 bits per heavy atom. The van der Waals surface area contributed by atoms with Gasteiger partial charge >= 0.3 is 0 Å². The number of hydrogen-bond acceptors (Lipinski definition) is 5. The van der Waals surface area contributed by atoms with E-state index in [1.165, 1.54) is 0 Å². The first-order valence-corrected chi connectivity index (χ1v) is 6.23. The van der Waals surface area contributed by atoms with E-state index in [0.29, 0.717) is 11.5 Å². The SMILES string of the molecule is Cc1nccc(C(C=O)c2ccc3nccnc3c2)n1. The zero-order valence-electron chi connectivity index (χ0n) is 10.9. The van der Waals surface area contributed by atoms with Crippen molar-refractivity contribution >= 4 is 17.3 Å². The van der Waals surface area contributed by atoms with Gasteiger partial charge in [0.25, 0.3) is 0 Å². The average Bonchev–Trinajstić information content (AvgIpc) is 2.48. The van der Waals surface area contributed by atoms with Crippen LogP contribution in [0, 0.1) is 6.92 Å². The fraction of sp³-hybridized carbons (Fsp3) is 0.133. The van der Waals surface area contributed by atoms with Gasteiger partial charge in [0.15, 0.2) is 0 Å². The van der Waals surface area contributed by atoms with E-state index in [0.717, 1.165) is 22.9 Å². The highest BCUT2D eigenvalue weighted by Crippen LogP contribution is 2.23. The molecule has 0 fully saturated rings. The molecular formula is C15H12N4O. The van der Waals surface area contributed by atoms with Crippen molar-refractivity contribution in [3.05, 3.63) is 59.9 Å². The number of nitrogens with zero attached hydrogens (tertiary/aromatic N) is 4. The second-order valence-corrected chi connectivity index (χ2v) is 4.45. The summed E-state index contributed by atoms with van der Waals surface area (Å²) in [6.07, 6.45) is 5.83. The Labute approximate surface area is 115 Å². The molecule has 0 spiro atoms. The molecule has 0 aliphatic rings. The summed E-state index contributed by atoms with van der Waals surface area (Å²) in [5.74, 6) is 0.234. The quantitative estimate of drug-likeness (QED) is 0.677. The van der Waals surface area contributed by atoms with Gasteiger partial charge in [-0.25, -0.2) is 9.97 Å². The van der Waals surface area contributed by atoms with Crippen LogP contribution in [0.5, 0.6) is 0 Å². The summed E-state index contributed by atoms with van der Waals surface area (Å²) in [6, 6.07) is 7.38. The standard InChI is InChI=1S/C15H12N4O/c1-10-16-5-4-13(19-10)12(9-20)11-2-3-14-15(8-11)18-7-6-17-14/h2-9,12H,1H3. The van der Waals surface area contributed by atoms with Crippen LogP contribution in [0.4, 0.5) is 0 Å². The summed E-state index contributed by atoms with van der Waals surface area (Å²) >= 11 is 0. The maximum atomic E-state index is 11.5. The van der Waals surface area contributed by atoms with Crippen LogP contribution in [0.15, 0.2) is 42.9 Å². The van der Waals surface area contributed by atoms with E-state index in [1.807, 2.05) is 18.2 Å². The Kier molecular flexibility index (Phi) is 3.16. The predicted molar refractivity (Wildman–Crippen MR) is 74.2 cm³/mol. The molecule has 0 saturated carbocycles. The summed E-state index contributed by atoms with van der Waals surface area (Å²) < 4.78 is 0. The molecule has 3 aromatic rings. The molecule has 2 aromatic heterocycles. The lowest BCUT2D eigenvalue weighted by molar-refractivity contribution is -0.108. The molecule has 3 rings (SSSR count). The van der Waals surface area contributed by atoms with Gasteiger partial charge in [0.05, 0.1) is 22.6 Å². The summed E-state index contributed by atoms with van der Waals surface area (Å²) in [7, 11) is 0. The molecule has 1 aromatic carbocycles. The van der Waals surface area contributed by atoms with Crippen molar-refractivity contribution in [2.75, 3.05) is 0 Å². The number of aromatic nitrogens is 4. The molecule has 1 unspecified atom stereocenters. The number of fused-ring (bicyclic) bond motifs is 1. The van der Waals surface area contributed by atoms with Crippen LogP contribution in [0.1, 0.15) is 23.0 Å². The largest absolute Gasteiger partial charge is 0.302 e. The van der Waals surface area contributed by atoms with Gasteiger partial charge in [-0.1, -0.05) is 6.07 Å². The Hall–Kier alpha value is -2.69. The highest BCUT2D eigenvalue weighted by Gasteiger charge is 2.15. The molecule has 5 nitrogen and oxygen atoms in total. The Morgan fingerprint density at radius 1 is 1.00 bits per heavy atom. The van der Waals surface area contributed by atoms with Crippen LogP contribution in [0.3, 0.4) is 0 Å². The summed E-state index contributed by atoms with van der Waals surface area (Å²) in [5, 5.41) is 0. The van der Waals surface area contributed by atoms with E-state index in [1.54, 1.807) is 31.6 Å². The van der Waals surface area contributed by atoms with Crippen molar-refractivity contribution in [2.45, 2.75) is 12.8 Å². The molecule has 5 heteroatoms. The van der Waals surface area contributed by atoms with Crippen molar-refractivity contribution in [3.8, 4) is 0 Å². The zero-order chi connectivity index (χ0) is 13.9. The van der Waals surface area contributed by atoms with E-state index in [-0.39, 0.29) is 0 Å². The fourth-order valence-electron chi connectivity index (χ4n) is 2.14. The van der Waals surface area contributed by atoms with Crippen molar-refractivity contribution < 1.29 is 4.79 Å². The third-order valence-corrected chi connectivity index (χ3v) is 3.10. The number of aryl methyl sites for hydroxylation is 1. The van der Waals surface area contributed by atoms with Crippen LogP contribution in [0.25, 0.3) is 11.0 Å². The zero-order valence-corrected chi connectivity index (χ0v) is 10.9. The van der Waals surface area contributed by atoms with Gasteiger partial charge in [-0.05, 0) is 30.7 Å². The molecule has 0 aliphatic heterocycles. The van der Waals surface area contributed by atoms with Crippen molar-refractivity contribution in [1.82, 2.24) is 19.9 Å². The van der Waals surface area contributed by atoms with Gasteiger partial charge in [0.1, 0.15) is 12.1 Å². The van der Waals surface area contributed by atoms with Gasteiger partial charge < -0.3 is 4.79 Å². The number of hydrogen-bond donors (Lipinski definition) is 0. The first kappa shape index (κ1) is 12.3. The molecule has 0 bridgehead atoms. The summed E-state index contributed by atoms with van der Waals surface area (Å²) in [5.41, 5.74) is 3.12. The number of carbonyl (C=O) groups excluding carboxylic acids is 1. The normalized spacial score (nSPS) is 12.2. The minimum Gasteiger partial charge on any atom is -0.302 e. The van der Waals surface area contributed by atoms with Gasteiger partial charge in [-0.3, -0.25) is 9.97 Å². The topological polar surface area (TPSA) is 68.6 Å². The summed E-state index contributed by atoms with van der Waals surface area (Å²) in [6.45, 7) is 1.80. The molecule has 20 heavy (non-hydrogen) atoms. The molecule has 0 N–H and O–H groups in total. The van der Waals surface area contributed by atoms with E-state index in [2.05, 4.69) is 19.9 Å². The minimum absolute atomic E-state index is 0.414. The number of aldehydes is 1. The van der Waals surface area contributed by atoms with Gasteiger partial charge in [-0.15, -0.1) is 0 Å². The molecule has 0 amide bonds. The molecule has 2 heterocycles. The number of rotatable bonds is 3. The second-order valence-electron chi connectivity index (χ2n) is 4.45. The molecule has 0 aliphatic carbocycles. The van der Waals surface area contributed by atoms with Crippen molar-refractivity contribution in [2.24, 2.45) is 0 Å². The minimum atomic E-state index is -0.414. The van der Waals surface area contributed by atoms with Gasteiger partial charge in [0.2, 0.25) is 0 Å². The molecule has 0 radical (unpaired) electrons. The Balaban J connectivity index is 2.09. The molecule has 0 saturated heterocycles. The van der Waals surface area contributed by atoms with Crippen LogP contribution in [-0.4, -0.2) is 26.2 Å². The fourth-order valence-corrected chi connectivity index (χ4v) is 2.14. The van der Waals surface area contributed by atoms with Crippen LogP contribution in [-0.2, 0) is 4.79 Å². The lowest BCUT2D eigenvalue weighted by Crippen LogP contribution is -2.06. The average molecular weight is 264 g/mol. The number of benzene rings is 1. The maximum absolute atomic E-state index is 11.5.